The van der Waals surface area contributed by atoms with Gasteiger partial charge >= 0.3 is 0 Å². The summed E-state index contributed by atoms with van der Waals surface area (Å²) in [6.07, 6.45) is 2.66. The van der Waals surface area contributed by atoms with Gasteiger partial charge in [-0.05, 0) is 24.5 Å². The second-order valence-electron chi connectivity index (χ2n) is 5.00. The lowest BCUT2D eigenvalue weighted by Gasteiger charge is -2.31. The van der Waals surface area contributed by atoms with E-state index in [1.807, 2.05) is 17.8 Å². The van der Waals surface area contributed by atoms with E-state index in [9.17, 15) is 0 Å². The van der Waals surface area contributed by atoms with Crippen LogP contribution >= 0.6 is 23.4 Å². The Morgan fingerprint density at radius 1 is 1.28 bits per heavy atom. The molecule has 1 aromatic carbocycles. The van der Waals surface area contributed by atoms with Crippen LogP contribution in [0.2, 0.25) is 5.02 Å². The van der Waals surface area contributed by atoms with Crippen LogP contribution in [0.5, 0.6) is 0 Å². The van der Waals surface area contributed by atoms with E-state index in [-0.39, 0.29) is 0 Å². The average Bonchev–Trinajstić information content (AvgIpc) is 3.21. The van der Waals surface area contributed by atoms with Crippen LogP contribution in [-0.2, 0) is 6.54 Å². The highest BCUT2D eigenvalue weighted by atomic mass is 35.5. The van der Waals surface area contributed by atoms with Crippen LogP contribution in [0.3, 0.4) is 0 Å². The van der Waals surface area contributed by atoms with E-state index in [4.69, 9.17) is 11.6 Å². The van der Waals surface area contributed by atoms with Crippen molar-refractivity contribution < 1.29 is 0 Å². The van der Waals surface area contributed by atoms with Gasteiger partial charge in [-0.2, -0.15) is 11.8 Å². The number of hydrogen-bond acceptors (Lipinski definition) is 3. The predicted molar refractivity (Wildman–Crippen MR) is 80.9 cm³/mol. The Balaban J connectivity index is 1.79. The fourth-order valence-corrected chi connectivity index (χ4v) is 3.60. The Morgan fingerprint density at radius 2 is 2.06 bits per heavy atom. The van der Waals surface area contributed by atoms with Gasteiger partial charge in [0.2, 0.25) is 0 Å². The van der Waals surface area contributed by atoms with Crippen molar-refractivity contribution in [2.75, 3.05) is 29.5 Å². The molecule has 1 saturated carbocycles. The van der Waals surface area contributed by atoms with Gasteiger partial charge in [0.25, 0.3) is 0 Å². The lowest BCUT2D eigenvalue weighted by Crippen LogP contribution is -2.34. The largest absolute Gasteiger partial charge is 0.368 e. The highest BCUT2D eigenvalue weighted by Crippen LogP contribution is 2.32. The van der Waals surface area contributed by atoms with Crippen molar-refractivity contribution in [1.29, 1.82) is 0 Å². The molecule has 0 unspecified atom stereocenters. The summed E-state index contributed by atoms with van der Waals surface area (Å²) < 4.78 is 0. The van der Waals surface area contributed by atoms with Gasteiger partial charge in [0.05, 0.1) is 10.7 Å². The monoisotopic (exact) mass is 282 g/mol. The average molecular weight is 283 g/mol. The zero-order valence-corrected chi connectivity index (χ0v) is 12.1. The summed E-state index contributed by atoms with van der Waals surface area (Å²) in [5.74, 6) is 2.42. The molecular weight excluding hydrogens is 264 g/mol. The Bertz CT molecular complexity index is 414. The third-order valence-electron chi connectivity index (χ3n) is 3.56. The molecule has 2 fully saturated rings. The van der Waals surface area contributed by atoms with Crippen LogP contribution in [0.15, 0.2) is 18.2 Å². The quantitative estimate of drug-likeness (QED) is 0.913. The zero-order valence-electron chi connectivity index (χ0n) is 10.5. The molecule has 2 nitrogen and oxygen atoms in total. The molecule has 0 spiro atoms. The molecule has 18 heavy (non-hydrogen) atoms. The van der Waals surface area contributed by atoms with E-state index in [2.05, 4.69) is 22.3 Å². The van der Waals surface area contributed by atoms with Crippen molar-refractivity contribution in [1.82, 2.24) is 5.32 Å². The highest BCUT2D eigenvalue weighted by Gasteiger charge is 2.22. The normalized spacial score (nSPS) is 20.2. The molecule has 1 N–H and O–H groups in total. The van der Waals surface area contributed by atoms with Gasteiger partial charge < -0.3 is 10.2 Å². The van der Waals surface area contributed by atoms with Gasteiger partial charge in [-0.1, -0.05) is 23.7 Å². The number of anilines is 1. The fraction of sp³-hybridized carbons (Fsp3) is 0.571. The van der Waals surface area contributed by atoms with Crippen LogP contribution in [0.25, 0.3) is 0 Å². The molecule has 1 saturated heterocycles. The molecular formula is C14H19ClN2S. The van der Waals surface area contributed by atoms with Crippen LogP contribution < -0.4 is 10.2 Å². The van der Waals surface area contributed by atoms with Crippen molar-refractivity contribution in [2.45, 2.75) is 25.4 Å². The van der Waals surface area contributed by atoms with Crippen molar-refractivity contribution in [3.8, 4) is 0 Å². The molecule has 98 valence electrons. The Morgan fingerprint density at radius 3 is 2.78 bits per heavy atom. The Kier molecular flexibility index (Phi) is 4.02. The van der Waals surface area contributed by atoms with Gasteiger partial charge in [-0.25, -0.2) is 0 Å². The van der Waals surface area contributed by atoms with E-state index in [0.717, 1.165) is 30.7 Å². The summed E-state index contributed by atoms with van der Waals surface area (Å²) >= 11 is 8.45. The predicted octanol–water partition coefficient (Wildman–Crippen LogP) is 3.15. The number of para-hydroxylation sites is 1. The summed E-state index contributed by atoms with van der Waals surface area (Å²) in [6.45, 7) is 3.18. The number of halogens is 1. The molecule has 0 aromatic heterocycles. The van der Waals surface area contributed by atoms with Crippen molar-refractivity contribution in [3.05, 3.63) is 28.8 Å². The molecule has 0 radical (unpaired) electrons. The molecule has 0 amide bonds. The van der Waals surface area contributed by atoms with Crippen molar-refractivity contribution in [2.24, 2.45) is 0 Å². The molecule has 0 atom stereocenters. The second kappa shape index (κ2) is 5.72. The summed E-state index contributed by atoms with van der Waals surface area (Å²) in [5.41, 5.74) is 2.61. The number of rotatable bonds is 4. The highest BCUT2D eigenvalue weighted by molar-refractivity contribution is 7.99. The zero-order chi connectivity index (χ0) is 12.4. The van der Waals surface area contributed by atoms with Crippen LogP contribution in [-0.4, -0.2) is 30.6 Å². The molecule has 1 aliphatic heterocycles. The first-order valence-electron chi connectivity index (χ1n) is 6.68. The van der Waals surface area contributed by atoms with E-state index in [1.165, 1.54) is 35.6 Å². The molecule has 1 aromatic rings. The standard InChI is InChI=1S/C14H19ClN2S/c15-13-3-1-2-11(10-16-12-4-5-12)14(13)17-6-8-18-9-7-17/h1-3,12,16H,4-10H2. The molecule has 4 heteroatoms. The molecule has 1 heterocycles. The Labute approximate surface area is 118 Å². The molecule has 3 rings (SSSR count). The fourth-order valence-electron chi connectivity index (χ4n) is 2.39. The maximum Gasteiger partial charge on any atom is 0.0642 e. The van der Waals surface area contributed by atoms with Gasteiger partial charge in [0.1, 0.15) is 0 Å². The number of thioether (sulfide) groups is 1. The molecule has 0 bridgehead atoms. The molecule has 1 aliphatic carbocycles. The first-order valence-corrected chi connectivity index (χ1v) is 8.21. The Hall–Kier alpha value is -0.380. The number of hydrogen-bond donors (Lipinski definition) is 1. The summed E-state index contributed by atoms with van der Waals surface area (Å²) in [6, 6.07) is 7.03. The number of nitrogens with one attached hydrogen (secondary N) is 1. The van der Waals surface area contributed by atoms with Gasteiger partial charge in [0.15, 0.2) is 0 Å². The maximum atomic E-state index is 6.42. The lowest BCUT2D eigenvalue weighted by molar-refractivity contribution is 0.684. The third kappa shape index (κ3) is 2.95. The van der Waals surface area contributed by atoms with E-state index >= 15 is 0 Å². The summed E-state index contributed by atoms with van der Waals surface area (Å²) in [4.78, 5) is 2.45. The minimum Gasteiger partial charge on any atom is -0.368 e. The van der Waals surface area contributed by atoms with Crippen LogP contribution in [0, 0.1) is 0 Å². The van der Waals surface area contributed by atoms with Gasteiger partial charge in [-0.15, -0.1) is 0 Å². The van der Waals surface area contributed by atoms with Crippen LogP contribution in [0.1, 0.15) is 18.4 Å². The first-order chi connectivity index (χ1) is 8.84. The summed E-state index contributed by atoms with van der Waals surface area (Å²) in [7, 11) is 0. The minimum absolute atomic E-state index is 0.744. The first kappa shape index (κ1) is 12.6. The van der Waals surface area contributed by atoms with Crippen LogP contribution in [0.4, 0.5) is 5.69 Å². The summed E-state index contributed by atoms with van der Waals surface area (Å²) in [5, 5.41) is 4.49. The number of nitrogens with zero attached hydrogens (tertiary/aromatic N) is 1. The second-order valence-corrected chi connectivity index (χ2v) is 6.63. The smallest absolute Gasteiger partial charge is 0.0642 e. The van der Waals surface area contributed by atoms with E-state index in [0.29, 0.717) is 0 Å². The third-order valence-corrected chi connectivity index (χ3v) is 4.80. The number of benzene rings is 1. The SMILES string of the molecule is Clc1cccc(CNC2CC2)c1N1CCSCC1. The minimum atomic E-state index is 0.744. The van der Waals surface area contributed by atoms with Crippen molar-refractivity contribution in [3.63, 3.8) is 0 Å². The van der Waals surface area contributed by atoms with E-state index < -0.39 is 0 Å². The van der Waals surface area contributed by atoms with Gasteiger partial charge in [-0.3, -0.25) is 0 Å². The van der Waals surface area contributed by atoms with Gasteiger partial charge in [0, 0.05) is 37.2 Å². The lowest BCUT2D eigenvalue weighted by atomic mass is 10.1. The topological polar surface area (TPSA) is 15.3 Å². The maximum absolute atomic E-state index is 6.42. The van der Waals surface area contributed by atoms with E-state index in [1.54, 1.807) is 0 Å². The van der Waals surface area contributed by atoms with Crippen molar-refractivity contribution >= 4 is 29.1 Å². The molecule has 2 aliphatic rings.